The van der Waals surface area contributed by atoms with Gasteiger partial charge < -0.3 is 15.0 Å². The van der Waals surface area contributed by atoms with E-state index in [0.29, 0.717) is 6.61 Å². The highest BCUT2D eigenvalue weighted by Crippen LogP contribution is 2.16. The molecule has 4 heteroatoms. The molecule has 2 rings (SSSR count). The second-order valence-electron chi connectivity index (χ2n) is 4.26. The van der Waals surface area contributed by atoms with Gasteiger partial charge in [-0.25, -0.2) is 4.79 Å². The van der Waals surface area contributed by atoms with Crippen LogP contribution in [0.4, 0.5) is 5.69 Å². The highest BCUT2D eigenvalue weighted by molar-refractivity contribution is 5.89. The van der Waals surface area contributed by atoms with Crippen LogP contribution >= 0.6 is 0 Å². The molecule has 1 fully saturated rings. The van der Waals surface area contributed by atoms with Crippen LogP contribution in [0, 0.1) is 11.8 Å². The lowest BCUT2D eigenvalue weighted by Crippen LogP contribution is -2.43. The summed E-state index contributed by atoms with van der Waals surface area (Å²) in [6.07, 6.45) is 0. The molecular formula is C15H18N2O2. The number of rotatable bonds is 2. The second-order valence-corrected chi connectivity index (χ2v) is 4.26. The number of ether oxygens (including phenoxy) is 1. The Balaban J connectivity index is 2.08. The van der Waals surface area contributed by atoms with Crippen molar-refractivity contribution in [3.63, 3.8) is 0 Å². The van der Waals surface area contributed by atoms with E-state index in [1.54, 1.807) is 6.92 Å². The van der Waals surface area contributed by atoms with Gasteiger partial charge >= 0.3 is 5.97 Å². The number of piperazine rings is 1. The Hall–Kier alpha value is -1.99. The molecule has 1 aliphatic rings. The van der Waals surface area contributed by atoms with Crippen LogP contribution in [-0.2, 0) is 9.53 Å². The van der Waals surface area contributed by atoms with E-state index in [-0.39, 0.29) is 0 Å². The molecule has 19 heavy (non-hydrogen) atoms. The average Bonchev–Trinajstić information content (AvgIpc) is 2.47. The molecule has 0 saturated carbocycles. The van der Waals surface area contributed by atoms with E-state index < -0.39 is 5.97 Å². The van der Waals surface area contributed by atoms with Gasteiger partial charge in [0, 0.05) is 43.4 Å². The van der Waals surface area contributed by atoms with Gasteiger partial charge in [-0.15, -0.1) is 0 Å². The van der Waals surface area contributed by atoms with E-state index in [0.717, 1.165) is 37.4 Å². The van der Waals surface area contributed by atoms with E-state index in [4.69, 9.17) is 4.74 Å². The van der Waals surface area contributed by atoms with Crippen molar-refractivity contribution in [1.29, 1.82) is 0 Å². The number of benzene rings is 1. The van der Waals surface area contributed by atoms with E-state index in [2.05, 4.69) is 28.1 Å². The molecule has 0 unspecified atom stereocenters. The maximum atomic E-state index is 11.2. The zero-order valence-corrected chi connectivity index (χ0v) is 11.1. The van der Waals surface area contributed by atoms with Gasteiger partial charge in [0.25, 0.3) is 0 Å². The third kappa shape index (κ3) is 4.01. The van der Waals surface area contributed by atoms with E-state index in [1.165, 1.54) is 0 Å². The molecule has 0 spiro atoms. The second kappa shape index (κ2) is 6.81. The summed E-state index contributed by atoms with van der Waals surface area (Å²) in [6, 6.07) is 7.95. The number of hydrogen-bond acceptors (Lipinski definition) is 4. The molecule has 0 aliphatic carbocycles. The first-order valence-corrected chi connectivity index (χ1v) is 6.54. The highest BCUT2D eigenvalue weighted by atomic mass is 16.5. The first-order chi connectivity index (χ1) is 9.29. The Morgan fingerprint density at radius 1 is 1.42 bits per heavy atom. The topological polar surface area (TPSA) is 41.6 Å². The van der Waals surface area contributed by atoms with E-state index in [9.17, 15) is 4.79 Å². The summed E-state index contributed by atoms with van der Waals surface area (Å²) in [4.78, 5) is 13.5. The van der Waals surface area contributed by atoms with E-state index >= 15 is 0 Å². The lowest BCUT2D eigenvalue weighted by atomic mass is 10.2. The van der Waals surface area contributed by atoms with E-state index in [1.807, 2.05) is 18.2 Å². The summed E-state index contributed by atoms with van der Waals surface area (Å²) >= 11 is 0. The summed E-state index contributed by atoms with van der Waals surface area (Å²) in [6.45, 7) is 6.11. The number of anilines is 1. The van der Waals surface area contributed by atoms with Gasteiger partial charge in [0.05, 0.1) is 6.61 Å². The van der Waals surface area contributed by atoms with Crippen LogP contribution in [0.2, 0.25) is 0 Å². The number of carbonyl (C=O) groups excluding carboxylic acids is 1. The molecule has 1 saturated heterocycles. The van der Waals surface area contributed by atoms with Crippen LogP contribution in [-0.4, -0.2) is 38.8 Å². The zero-order chi connectivity index (χ0) is 13.5. The quantitative estimate of drug-likeness (QED) is 0.635. The van der Waals surface area contributed by atoms with Crippen LogP contribution in [0.15, 0.2) is 24.3 Å². The fourth-order valence-electron chi connectivity index (χ4n) is 1.99. The van der Waals surface area contributed by atoms with Crippen LogP contribution < -0.4 is 10.2 Å². The fourth-order valence-corrected chi connectivity index (χ4v) is 1.99. The molecule has 1 aromatic rings. The molecule has 100 valence electrons. The Kier molecular flexibility index (Phi) is 4.82. The van der Waals surface area contributed by atoms with Gasteiger partial charge in [0.2, 0.25) is 0 Å². The molecule has 0 aromatic heterocycles. The summed E-state index contributed by atoms with van der Waals surface area (Å²) in [5.41, 5.74) is 1.99. The Morgan fingerprint density at radius 2 is 2.21 bits per heavy atom. The summed E-state index contributed by atoms with van der Waals surface area (Å²) in [5, 5.41) is 3.32. The molecule has 0 atom stereocenters. The van der Waals surface area contributed by atoms with Gasteiger partial charge in [0.15, 0.2) is 0 Å². The van der Waals surface area contributed by atoms with Crippen molar-refractivity contribution in [1.82, 2.24) is 5.32 Å². The smallest absolute Gasteiger partial charge is 0.384 e. The molecule has 0 amide bonds. The minimum Gasteiger partial charge on any atom is -0.456 e. The molecule has 1 aromatic carbocycles. The van der Waals surface area contributed by atoms with Crippen LogP contribution in [0.25, 0.3) is 0 Å². The van der Waals surface area contributed by atoms with Crippen molar-refractivity contribution in [2.45, 2.75) is 6.92 Å². The summed E-state index contributed by atoms with van der Waals surface area (Å²) < 4.78 is 4.78. The fraction of sp³-hybridized carbons (Fsp3) is 0.400. The maximum Gasteiger partial charge on any atom is 0.384 e. The monoisotopic (exact) mass is 258 g/mol. The van der Waals surface area contributed by atoms with Gasteiger partial charge in [-0.3, -0.25) is 0 Å². The SMILES string of the molecule is CCOC(=O)C#Cc1cccc(N2CCNCC2)c1. The maximum absolute atomic E-state index is 11.2. The molecule has 1 heterocycles. The van der Waals surface area contributed by atoms with Crippen molar-refractivity contribution in [2.24, 2.45) is 0 Å². The highest BCUT2D eigenvalue weighted by Gasteiger charge is 2.09. The normalized spacial score (nSPS) is 14.5. The van der Waals surface area contributed by atoms with Crippen molar-refractivity contribution in [3.05, 3.63) is 29.8 Å². The minimum absolute atomic E-state index is 0.355. The zero-order valence-electron chi connectivity index (χ0n) is 11.1. The largest absolute Gasteiger partial charge is 0.456 e. The van der Waals surface area contributed by atoms with Crippen molar-refractivity contribution in [2.75, 3.05) is 37.7 Å². The van der Waals surface area contributed by atoms with Crippen LogP contribution in [0.5, 0.6) is 0 Å². The van der Waals surface area contributed by atoms with Crippen molar-refractivity contribution >= 4 is 11.7 Å². The molecular weight excluding hydrogens is 240 g/mol. The molecule has 4 nitrogen and oxygen atoms in total. The Labute approximate surface area is 113 Å². The Bertz CT molecular complexity index is 496. The van der Waals surface area contributed by atoms with Gasteiger partial charge in [-0.1, -0.05) is 12.0 Å². The molecule has 0 bridgehead atoms. The summed E-state index contributed by atoms with van der Waals surface area (Å²) in [7, 11) is 0. The Morgan fingerprint density at radius 3 is 2.95 bits per heavy atom. The van der Waals surface area contributed by atoms with Crippen molar-refractivity contribution < 1.29 is 9.53 Å². The first-order valence-electron chi connectivity index (χ1n) is 6.54. The predicted octanol–water partition coefficient (Wildman–Crippen LogP) is 1.01. The predicted molar refractivity (Wildman–Crippen MR) is 75.0 cm³/mol. The number of hydrogen-bond donors (Lipinski definition) is 1. The summed E-state index contributed by atoms with van der Waals surface area (Å²) in [5.74, 6) is 4.85. The molecule has 1 aliphatic heterocycles. The van der Waals surface area contributed by atoms with Crippen molar-refractivity contribution in [3.8, 4) is 11.8 Å². The number of nitrogens with zero attached hydrogens (tertiary/aromatic N) is 1. The standard InChI is InChI=1S/C15H18N2O2/c1-2-19-15(18)7-6-13-4-3-5-14(12-13)17-10-8-16-9-11-17/h3-5,12,16H,2,8-11H2,1H3. The lowest BCUT2D eigenvalue weighted by molar-refractivity contribution is -0.136. The van der Waals surface area contributed by atoms with Gasteiger partial charge in [-0.05, 0) is 25.1 Å². The number of nitrogens with one attached hydrogen (secondary N) is 1. The van der Waals surface area contributed by atoms with Gasteiger partial charge in [0.1, 0.15) is 0 Å². The molecule has 1 N–H and O–H groups in total. The van der Waals surface area contributed by atoms with Gasteiger partial charge in [-0.2, -0.15) is 0 Å². The number of carbonyl (C=O) groups is 1. The number of esters is 1. The minimum atomic E-state index is -0.477. The average molecular weight is 258 g/mol. The van der Waals surface area contributed by atoms with Crippen LogP contribution in [0.3, 0.4) is 0 Å². The third-order valence-corrected chi connectivity index (χ3v) is 2.91. The van der Waals surface area contributed by atoms with Crippen LogP contribution in [0.1, 0.15) is 12.5 Å². The molecule has 0 radical (unpaired) electrons. The first kappa shape index (κ1) is 13.4. The third-order valence-electron chi connectivity index (χ3n) is 2.91. The lowest BCUT2D eigenvalue weighted by Gasteiger charge is -2.29.